The van der Waals surface area contributed by atoms with Crippen molar-refractivity contribution in [3.63, 3.8) is 0 Å². The van der Waals surface area contributed by atoms with Gasteiger partial charge in [-0.25, -0.2) is 0 Å². The molecule has 1 amide bonds. The third kappa shape index (κ3) is 2.88. The Balaban J connectivity index is 1.74. The molecule has 0 saturated carbocycles. The number of aryl methyl sites for hydroxylation is 2. The van der Waals surface area contributed by atoms with Gasteiger partial charge in [-0.3, -0.25) is 4.79 Å². The third-order valence-corrected chi connectivity index (χ3v) is 4.72. The van der Waals surface area contributed by atoms with Gasteiger partial charge in [-0.2, -0.15) is 0 Å². The van der Waals surface area contributed by atoms with E-state index in [1.54, 1.807) is 17.4 Å². The largest absolute Gasteiger partial charge is 0.489 e. The highest BCUT2D eigenvalue weighted by Crippen LogP contribution is 2.31. The Bertz CT molecular complexity index is 659. The van der Waals surface area contributed by atoms with E-state index < -0.39 is 0 Å². The number of benzene rings is 1. The maximum absolute atomic E-state index is 12.4. The Hall–Kier alpha value is -2.01. The third-order valence-electron chi connectivity index (χ3n) is 3.56. The number of hydrogen-bond acceptors (Lipinski definition) is 4. The maximum atomic E-state index is 12.4. The highest BCUT2D eigenvalue weighted by atomic mass is 32.1. The summed E-state index contributed by atoms with van der Waals surface area (Å²) in [6, 6.07) is 7.72. The molecule has 0 spiro atoms. The average molecular weight is 302 g/mol. The number of para-hydroxylation sites is 1. The van der Waals surface area contributed by atoms with Crippen LogP contribution in [0.25, 0.3) is 0 Å². The highest BCUT2D eigenvalue weighted by molar-refractivity contribution is 7.12. The lowest BCUT2D eigenvalue weighted by atomic mass is 10.1. The first-order chi connectivity index (χ1) is 10.1. The van der Waals surface area contributed by atoms with E-state index >= 15 is 0 Å². The number of thiophene rings is 1. The molecule has 1 aliphatic heterocycles. The van der Waals surface area contributed by atoms with E-state index in [0.717, 1.165) is 12.2 Å². The summed E-state index contributed by atoms with van der Waals surface area (Å²) in [5.74, 6) is 0.555. The molecule has 2 aromatic rings. The number of amides is 1. The van der Waals surface area contributed by atoms with Crippen molar-refractivity contribution in [1.82, 2.24) is 5.32 Å². The fraction of sp³-hybridized carbons (Fsp3) is 0.312. The Labute approximate surface area is 128 Å². The number of rotatable bonds is 3. The Morgan fingerprint density at radius 1 is 1.43 bits per heavy atom. The molecule has 1 aromatic heterocycles. The predicted octanol–water partition coefficient (Wildman–Crippen LogP) is 3.10. The normalized spacial score (nSPS) is 13.0. The summed E-state index contributed by atoms with van der Waals surface area (Å²) in [6.45, 7) is 6.09. The molecule has 0 aliphatic carbocycles. The van der Waals surface area contributed by atoms with Crippen molar-refractivity contribution < 1.29 is 9.53 Å². The molecule has 0 atom stereocenters. The van der Waals surface area contributed by atoms with Gasteiger partial charge in [-0.1, -0.05) is 6.07 Å². The minimum atomic E-state index is -0.0979. The van der Waals surface area contributed by atoms with Crippen LogP contribution in [0.2, 0.25) is 0 Å². The Kier molecular flexibility index (Phi) is 3.84. The summed E-state index contributed by atoms with van der Waals surface area (Å²) in [4.78, 5) is 14.8. The topological polar surface area (TPSA) is 50.4 Å². The SMILES string of the molecule is Cc1cc(CNC(=O)c2cccc3c2OCCN3)sc1C. The van der Waals surface area contributed by atoms with E-state index in [0.29, 0.717) is 24.5 Å². The molecule has 0 unspecified atom stereocenters. The monoisotopic (exact) mass is 302 g/mol. The van der Waals surface area contributed by atoms with Gasteiger partial charge in [0.05, 0.1) is 17.8 Å². The molecule has 5 heteroatoms. The Morgan fingerprint density at radius 3 is 3.05 bits per heavy atom. The van der Waals surface area contributed by atoms with Crippen LogP contribution in [0.3, 0.4) is 0 Å². The van der Waals surface area contributed by atoms with Gasteiger partial charge in [0.1, 0.15) is 6.61 Å². The first kappa shape index (κ1) is 13.9. The maximum Gasteiger partial charge on any atom is 0.255 e. The average Bonchev–Trinajstić information content (AvgIpc) is 2.83. The zero-order valence-electron chi connectivity index (χ0n) is 12.2. The van der Waals surface area contributed by atoms with Gasteiger partial charge in [0, 0.05) is 16.3 Å². The number of anilines is 1. The minimum absolute atomic E-state index is 0.0979. The summed E-state index contributed by atoms with van der Waals surface area (Å²) in [5, 5.41) is 6.21. The van der Waals surface area contributed by atoms with E-state index in [4.69, 9.17) is 4.74 Å². The molecule has 1 aromatic carbocycles. The van der Waals surface area contributed by atoms with Crippen molar-refractivity contribution >= 4 is 22.9 Å². The fourth-order valence-electron chi connectivity index (χ4n) is 2.35. The summed E-state index contributed by atoms with van der Waals surface area (Å²) in [7, 11) is 0. The molecule has 2 heterocycles. The molecule has 21 heavy (non-hydrogen) atoms. The van der Waals surface area contributed by atoms with Gasteiger partial charge in [0.15, 0.2) is 5.75 Å². The summed E-state index contributed by atoms with van der Waals surface area (Å²) in [6.07, 6.45) is 0. The number of nitrogens with one attached hydrogen (secondary N) is 2. The number of carbonyl (C=O) groups excluding carboxylic acids is 1. The van der Waals surface area contributed by atoms with Crippen LogP contribution in [0, 0.1) is 13.8 Å². The zero-order chi connectivity index (χ0) is 14.8. The first-order valence-corrected chi connectivity index (χ1v) is 7.80. The van der Waals surface area contributed by atoms with Crippen LogP contribution in [0.5, 0.6) is 5.75 Å². The Morgan fingerprint density at radius 2 is 2.29 bits per heavy atom. The molecule has 0 saturated heterocycles. The second-order valence-corrected chi connectivity index (χ2v) is 6.43. The minimum Gasteiger partial charge on any atom is -0.489 e. The van der Waals surface area contributed by atoms with E-state index in [1.165, 1.54) is 15.3 Å². The van der Waals surface area contributed by atoms with E-state index in [-0.39, 0.29) is 5.91 Å². The zero-order valence-corrected chi connectivity index (χ0v) is 13.0. The van der Waals surface area contributed by atoms with Crippen molar-refractivity contribution in [2.45, 2.75) is 20.4 Å². The van der Waals surface area contributed by atoms with Gasteiger partial charge in [-0.15, -0.1) is 11.3 Å². The highest BCUT2D eigenvalue weighted by Gasteiger charge is 2.18. The van der Waals surface area contributed by atoms with Crippen LogP contribution in [0.4, 0.5) is 5.69 Å². The molecular formula is C16H18N2O2S. The van der Waals surface area contributed by atoms with E-state index in [1.807, 2.05) is 12.1 Å². The molecule has 4 nitrogen and oxygen atoms in total. The molecule has 1 aliphatic rings. The number of ether oxygens (including phenoxy) is 1. The van der Waals surface area contributed by atoms with Gasteiger partial charge in [0.2, 0.25) is 0 Å². The van der Waals surface area contributed by atoms with E-state index in [2.05, 4.69) is 30.5 Å². The van der Waals surface area contributed by atoms with Crippen LogP contribution >= 0.6 is 11.3 Å². The number of carbonyl (C=O) groups is 1. The number of fused-ring (bicyclic) bond motifs is 1. The number of hydrogen-bond donors (Lipinski definition) is 2. The summed E-state index contributed by atoms with van der Waals surface area (Å²) >= 11 is 1.72. The van der Waals surface area contributed by atoms with Gasteiger partial charge in [-0.05, 0) is 37.6 Å². The second kappa shape index (κ2) is 5.77. The second-order valence-electron chi connectivity index (χ2n) is 5.09. The van der Waals surface area contributed by atoms with Gasteiger partial charge in [0.25, 0.3) is 5.91 Å². The van der Waals surface area contributed by atoms with Crippen molar-refractivity contribution in [2.24, 2.45) is 0 Å². The smallest absolute Gasteiger partial charge is 0.255 e. The quantitative estimate of drug-likeness (QED) is 0.916. The lowest BCUT2D eigenvalue weighted by Gasteiger charge is -2.21. The summed E-state index contributed by atoms with van der Waals surface area (Å²) < 4.78 is 5.63. The van der Waals surface area contributed by atoms with Crippen molar-refractivity contribution in [3.05, 3.63) is 45.1 Å². The van der Waals surface area contributed by atoms with Gasteiger partial charge < -0.3 is 15.4 Å². The molecular weight excluding hydrogens is 284 g/mol. The van der Waals surface area contributed by atoms with Crippen LogP contribution in [0.15, 0.2) is 24.3 Å². The lowest BCUT2D eigenvalue weighted by molar-refractivity contribution is 0.0947. The standard InChI is InChI=1S/C16H18N2O2S/c1-10-8-12(21-11(10)2)9-18-16(19)13-4-3-5-14-15(13)20-7-6-17-14/h3-5,8,17H,6-7,9H2,1-2H3,(H,18,19). The van der Waals surface area contributed by atoms with Gasteiger partial charge >= 0.3 is 0 Å². The molecule has 3 rings (SSSR count). The van der Waals surface area contributed by atoms with Crippen molar-refractivity contribution in [1.29, 1.82) is 0 Å². The van der Waals surface area contributed by atoms with Crippen LogP contribution in [-0.4, -0.2) is 19.1 Å². The van der Waals surface area contributed by atoms with Crippen molar-refractivity contribution in [2.75, 3.05) is 18.5 Å². The van der Waals surface area contributed by atoms with Crippen LogP contribution < -0.4 is 15.4 Å². The van der Waals surface area contributed by atoms with Crippen LogP contribution in [0.1, 0.15) is 25.7 Å². The first-order valence-electron chi connectivity index (χ1n) is 6.99. The molecule has 0 radical (unpaired) electrons. The molecule has 2 N–H and O–H groups in total. The fourth-order valence-corrected chi connectivity index (χ4v) is 3.34. The molecule has 0 fully saturated rings. The van der Waals surface area contributed by atoms with E-state index in [9.17, 15) is 4.79 Å². The van der Waals surface area contributed by atoms with Crippen LogP contribution in [-0.2, 0) is 6.54 Å². The lowest BCUT2D eigenvalue weighted by Crippen LogP contribution is -2.25. The molecule has 0 bridgehead atoms. The molecule has 110 valence electrons. The predicted molar refractivity (Wildman–Crippen MR) is 85.4 cm³/mol. The summed E-state index contributed by atoms with van der Waals surface area (Å²) in [5.41, 5.74) is 2.75. The van der Waals surface area contributed by atoms with Crippen molar-refractivity contribution in [3.8, 4) is 5.75 Å².